The first-order chi connectivity index (χ1) is 9.26. The Morgan fingerprint density at radius 3 is 2.84 bits per heavy atom. The number of aromatic nitrogens is 3. The van der Waals surface area contributed by atoms with Crippen LogP contribution in [0.2, 0.25) is 0 Å². The number of hydrogen-bond acceptors (Lipinski definition) is 4. The molecule has 0 spiro atoms. The number of pyridine rings is 1. The van der Waals surface area contributed by atoms with Crippen LogP contribution in [0.4, 0.5) is 0 Å². The summed E-state index contributed by atoms with van der Waals surface area (Å²) in [5.74, 6) is 0.586. The highest BCUT2D eigenvalue weighted by molar-refractivity contribution is 5.76. The molecule has 1 aromatic carbocycles. The molecule has 2 heterocycles. The predicted molar refractivity (Wildman–Crippen MR) is 72.2 cm³/mol. The van der Waals surface area contributed by atoms with Crippen molar-refractivity contribution in [2.24, 2.45) is 0 Å². The van der Waals surface area contributed by atoms with Gasteiger partial charge < -0.3 is 0 Å². The summed E-state index contributed by atoms with van der Waals surface area (Å²) in [4.78, 5) is 13.2. The number of benzene rings is 1. The molecule has 0 aliphatic heterocycles. The van der Waals surface area contributed by atoms with Gasteiger partial charge in [0.25, 0.3) is 0 Å². The zero-order valence-electron chi connectivity index (χ0n) is 10.3. The lowest BCUT2D eigenvalue weighted by atomic mass is 10.1. The summed E-state index contributed by atoms with van der Waals surface area (Å²) < 4.78 is 0. The first kappa shape index (κ1) is 11.3. The third-order valence-electron chi connectivity index (χ3n) is 2.83. The lowest BCUT2D eigenvalue weighted by molar-refractivity contribution is 1.15. The molecule has 19 heavy (non-hydrogen) atoms. The molecule has 3 rings (SSSR count). The summed E-state index contributed by atoms with van der Waals surface area (Å²) in [6.07, 6.45) is 1.75. The number of nitriles is 1. The largest absolute Gasteiger partial charge is 0.236 e. The van der Waals surface area contributed by atoms with E-state index in [1.54, 1.807) is 18.3 Å². The standard InChI is InChI=1S/C15H10N4/c1-10-5-6-13-9-17-14(19-15(13)18-10)12-4-2-3-11(7-12)8-16/h2-7,9H,1H3. The van der Waals surface area contributed by atoms with Gasteiger partial charge in [0.2, 0.25) is 0 Å². The smallest absolute Gasteiger partial charge is 0.163 e. The molecule has 3 aromatic rings. The van der Waals surface area contributed by atoms with Crippen molar-refractivity contribution in [3.05, 3.63) is 53.9 Å². The average Bonchev–Trinajstić information content (AvgIpc) is 2.46. The fourth-order valence-electron chi connectivity index (χ4n) is 1.87. The van der Waals surface area contributed by atoms with Gasteiger partial charge in [-0.15, -0.1) is 0 Å². The normalized spacial score (nSPS) is 10.3. The van der Waals surface area contributed by atoms with Crippen LogP contribution in [0.3, 0.4) is 0 Å². The maximum Gasteiger partial charge on any atom is 0.163 e. The Hall–Kier alpha value is -2.80. The highest BCUT2D eigenvalue weighted by Gasteiger charge is 2.05. The quantitative estimate of drug-likeness (QED) is 0.662. The molecule has 0 unspecified atom stereocenters. The van der Waals surface area contributed by atoms with E-state index < -0.39 is 0 Å². The third kappa shape index (κ3) is 2.14. The Kier molecular flexibility index (Phi) is 2.66. The summed E-state index contributed by atoms with van der Waals surface area (Å²) in [5, 5.41) is 9.82. The minimum Gasteiger partial charge on any atom is -0.236 e. The number of nitrogens with zero attached hydrogens (tertiary/aromatic N) is 4. The maximum atomic E-state index is 8.91. The molecule has 90 valence electrons. The van der Waals surface area contributed by atoms with Gasteiger partial charge in [0.1, 0.15) is 0 Å². The van der Waals surface area contributed by atoms with Crippen molar-refractivity contribution in [2.75, 3.05) is 0 Å². The highest BCUT2D eigenvalue weighted by atomic mass is 14.9. The second-order valence-corrected chi connectivity index (χ2v) is 4.25. The Bertz CT molecular complexity index is 803. The van der Waals surface area contributed by atoms with Gasteiger partial charge >= 0.3 is 0 Å². The van der Waals surface area contributed by atoms with Gasteiger partial charge in [-0.2, -0.15) is 5.26 Å². The predicted octanol–water partition coefficient (Wildman–Crippen LogP) is 2.87. The fraction of sp³-hybridized carbons (Fsp3) is 0.0667. The molecule has 0 atom stereocenters. The first-order valence-corrected chi connectivity index (χ1v) is 5.87. The van der Waals surface area contributed by atoms with Crippen LogP contribution in [0, 0.1) is 18.3 Å². The van der Waals surface area contributed by atoms with Crippen molar-refractivity contribution in [1.29, 1.82) is 5.26 Å². The monoisotopic (exact) mass is 246 g/mol. The van der Waals surface area contributed by atoms with Gasteiger partial charge in [0.15, 0.2) is 11.5 Å². The average molecular weight is 246 g/mol. The molecule has 0 aliphatic rings. The number of fused-ring (bicyclic) bond motifs is 1. The summed E-state index contributed by atoms with van der Waals surface area (Å²) in [7, 11) is 0. The van der Waals surface area contributed by atoms with Crippen molar-refractivity contribution >= 4 is 11.0 Å². The van der Waals surface area contributed by atoms with Crippen molar-refractivity contribution in [1.82, 2.24) is 15.0 Å². The molecule has 4 heteroatoms. The lowest BCUT2D eigenvalue weighted by Gasteiger charge is -2.02. The van der Waals surface area contributed by atoms with E-state index in [9.17, 15) is 0 Å². The van der Waals surface area contributed by atoms with Crippen LogP contribution in [0.1, 0.15) is 11.3 Å². The third-order valence-corrected chi connectivity index (χ3v) is 2.83. The van der Waals surface area contributed by atoms with Crippen molar-refractivity contribution in [2.45, 2.75) is 6.92 Å². The molecular formula is C15H10N4. The molecule has 0 saturated carbocycles. The summed E-state index contributed by atoms with van der Waals surface area (Å²) in [6.45, 7) is 1.93. The van der Waals surface area contributed by atoms with Gasteiger partial charge in [0, 0.05) is 22.8 Å². The topological polar surface area (TPSA) is 62.5 Å². The molecule has 0 amide bonds. The Labute approximate surface area is 110 Å². The van der Waals surface area contributed by atoms with Gasteiger partial charge in [0.05, 0.1) is 11.6 Å². The molecule has 0 bridgehead atoms. The minimum absolute atomic E-state index is 0.586. The second kappa shape index (κ2) is 4.46. The first-order valence-electron chi connectivity index (χ1n) is 5.87. The molecule has 0 fully saturated rings. The summed E-state index contributed by atoms with van der Waals surface area (Å²) in [5.41, 5.74) is 3.01. The van der Waals surface area contributed by atoms with Crippen LogP contribution in [-0.4, -0.2) is 15.0 Å². The van der Waals surface area contributed by atoms with E-state index in [4.69, 9.17) is 5.26 Å². The molecular weight excluding hydrogens is 236 g/mol. The van der Waals surface area contributed by atoms with Gasteiger partial charge in [-0.25, -0.2) is 15.0 Å². The minimum atomic E-state index is 0.586. The fourth-order valence-corrected chi connectivity index (χ4v) is 1.87. The Morgan fingerprint density at radius 1 is 1.11 bits per heavy atom. The van der Waals surface area contributed by atoms with Gasteiger partial charge in [-0.05, 0) is 31.2 Å². The molecule has 0 aliphatic carbocycles. The number of aryl methyl sites for hydroxylation is 1. The van der Waals surface area contributed by atoms with E-state index in [1.165, 1.54) is 0 Å². The molecule has 0 saturated heterocycles. The van der Waals surface area contributed by atoms with Crippen molar-refractivity contribution in [3.8, 4) is 17.5 Å². The van der Waals surface area contributed by atoms with Crippen molar-refractivity contribution in [3.63, 3.8) is 0 Å². The second-order valence-electron chi connectivity index (χ2n) is 4.25. The van der Waals surface area contributed by atoms with Crippen LogP contribution >= 0.6 is 0 Å². The van der Waals surface area contributed by atoms with Crippen LogP contribution < -0.4 is 0 Å². The Morgan fingerprint density at radius 2 is 2.00 bits per heavy atom. The van der Waals surface area contributed by atoms with E-state index in [0.717, 1.165) is 16.6 Å². The number of rotatable bonds is 1. The zero-order valence-corrected chi connectivity index (χ0v) is 10.3. The van der Waals surface area contributed by atoms with Crippen LogP contribution in [-0.2, 0) is 0 Å². The van der Waals surface area contributed by atoms with E-state index in [-0.39, 0.29) is 0 Å². The van der Waals surface area contributed by atoms with E-state index in [1.807, 2.05) is 31.2 Å². The SMILES string of the molecule is Cc1ccc2cnc(-c3cccc(C#N)c3)nc2n1. The van der Waals surface area contributed by atoms with Crippen LogP contribution in [0.25, 0.3) is 22.4 Å². The molecule has 0 radical (unpaired) electrons. The van der Waals surface area contributed by atoms with Crippen molar-refractivity contribution < 1.29 is 0 Å². The number of hydrogen-bond donors (Lipinski definition) is 0. The molecule has 4 nitrogen and oxygen atoms in total. The summed E-state index contributed by atoms with van der Waals surface area (Å²) in [6, 6.07) is 13.2. The van der Waals surface area contributed by atoms with Crippen LogP contribution in [0.5, 0.6) is 0 Å². The van der Waals surface area contributed by atoms with E-state index in [0.29, 0.717) is 17.0 Å². The van der Waals surface area contributed by atoms with Crippen LogP contribution in [0.15, 0.2) is 42.6 Å². The highest BCUT2D eigenvalue weighted by Crippen LogP contribution is 2.18. The van der Waals surface area contributed by atoms with Gasteiger partial charge in [-0.3, -0.25) is 0 Å². The molecule has 0 N–H and O–H groups in total. The summed E-state index contributed by atoms with van der Waals surface area (Å²) >= 11 is 0. The maximum absolute atomic E-state index is 8.91. The van der Waals surface area contributed by atoms with Gasteiger partial charge in [-0.1, -0.05) is 12.1 Å². The zero-order chi connectivity index (χ0) is 13.2. The lowest BCUT2D eigenvalue weighted by Crippen LogP contribution is -1.93. The van der Waals surface area contributed by atoms with E-state index >= 15 is 0 Å². The Balaban J connectivity index is 2.17. The molecule has 2 aromatic heterocycles. The van der Waals surface area contributed by atoms with E-state index in [2.05, 4.69) is 21.0 Å².